The van der Waals surface area contributed by atoms with Gasteiger partial charge in [-0.2, -0.15) is 5.10 Å². The fourth-order valence-corrected chi connectivity index (χ4v) is 2.78. The molecule has 0 saturated heterocycles. The highest BCUT2D eigenvalue weighted by atomic mass is 32.1. The number of amides is 1. The van der Waals surface area contributed by atoms with Crippen molar-refractivity contribution in [1.82, 2.24) is 10.4 Å². The van der Waals surface area contributed by atoms with Crippen LogP contribution < -0.4 is 15.9 Å². The Morgan fingerprint density at radius 1 is 1.46 bits per heavy atom. The summed E-state index contributed by atoms with van der Waals surface area (Å²) >= 11 is 1.16. The summed E-state index contributed by atoms with van der Waals surface area (Å²) < 4.78 is 5.75. The Hall–Kier alpha value is -2.41. The normalized spacial score (nSPS) is 11.2. The number of carbonyl (C=O) groups excluding carboxylic acids is 1. The van der Waals surface area contributed by atoms with E-state index in [1.807, 2.05) is 31.2 Å². The van der Waals surface area contributed by atoms with Crippen molar-refractivity contribution in [1.29, 1.82) is 0 Å². The van der Waals surface area contributed by atoms with Gasteiger partial charge in [-0.05, 0) is 24.5 Å². The number of anilines is 1. The summed E-state index contributed by atoms with van der Waals surface area (Å²) in [6.45, 7) is 6.72. The SMILES string of the molecule is CCc1nc(N)sc1C(=O)N/N=C\c1ccccc1OCC(C)C. The van der Waals surface area contributed by atoms with Crippen LogP contribution in [-0.2, 0) is 6.42 Å². The number of thiazole rings is 1. The molecule has 7 heteroatoms. The summed E-state index contributed by atoms with van der Waals surface area (Å²) in [6.07, 6.45) is 2.22. The molecule has 1 aromatic heterocycles. The number of hydrogen-bond acceptors (Lipinski definition) is 6. The van der Waals surface area contributed by atoms with Gasteiger partial charge in [-0.3, -0.25) is 4.79 Å². The second-order valence-electron chi connectivity index (χ2n) is 5.62. The third-order valence-electron chi connectivity index (χ3n) is 3.12. The van der Waals surface area contributed by atoms with E-state index >= 15 is 0 Å². The number of benzene rings is 1. The van der Waals surface area contributed by atoms with Crippen LogP contribution in [0.4, 0.5) is 5.13 Å². The summed E-state index contributed by atoms with van der Waals surface area (Å²) in [6, 6.07) is 7.56. The Labute approximate surface area is 145 Å². The number of nitrogens with zero attached hydrogens (tertiary/aromatic N) is 2. The molecule has 0 bridgehead atoms. The highest BCUT2D eigenvalue weighted by molar-refractivity contribution is 7.17. The maximum absolute atomic E-state index is 12.2. The first-order chi connectivity index (χ1) is 11.5. The quantitative estimate of drug-likeness (QED) is 0.595. The number of nitrogens with one attached hydrogen (secondary N) is 1. The predicted octanol–water partition coefficient (Wildman–Crippen LogP) is 3.09. The van der Waals surface area contributed by atoms with Crippen molar-refractivity contribution >= 4 is 28.6 Å². The standard InChI is InChI=1S/C17H22N4O2S/c1-4-13-15(24-17(18)20-13)16(22)21-19-9-12-7-5-6-8-14(12)23-10-11(2)3/h5-9,11H,4,10H2,1-3H3,(H2,18,20)(H,21,22)/b19-9-. The predicted molar refractivity (Wildman–Crippen MR) is 97.7 cm³/mol. The zero-order valence-corrected chi connectivity index (χ0v) is 14.9. The molecule has 1 heterocycles. The fourth-order valence-electron chi connectivity index (χ4n) is 1.97. The molecule has 2 aromatic rings. The van der Waals surface area contributed by atoms with Crippen molar-refractivity contribution in [3.05, 3.63) is 40.4 Å². The molecule has 1 aromatic carbocycles. The molecule has 0 fully saturated rings. The van der Waals surface area contributed by atoms with Crippen LogP contribution in [0.2, 0.25) is 0 Å². The number of hydrazone groups is 1. The maximum Gasteiger partial charge on any atom is 0.283 e. The molecule has 0 spiro atoms. The summed E-state index contributed by atoms with van der Waals surface area (Å²) in [4.78, 5) is 16.8. The van der Waals surface area contributed by atoms with E-state index in [1.54, 1.807) is 6.21 Å². The van der Waals surface area contributed by atoms with Crippen LogP contribution in [0.5, 0.6) is 5.75 Å². The largest absolute Gasteiger partial charge is 0.493 e. The minimum Gasteiger partial charge on any atom is -0.493 e. The Balaban J connectivity index is 2.05. The number of rotatable bonds is 7. The van der Waals surface area contributed by atoms with Gasteiger partial charge in [0, 0.05) is 5.56 Å². The molecular weight excluding hydrogens is 324 g/mol. The minimum absolute atomic E-state index is 0.308. The van der Waals surface area contributed by atoms with Gasteiger partial charge in [0.05, 0.1) is 18.5 Å². The monoisotopic (exact) mass is 346 g/mol. The van der Waals surface area contributed by atoms with Crippen molar-refractivity contribution in [3.63, 3.8) is 0 Å². The van der Waals surface area contributed by atoms with Gasteiger partial charge in [-0.25, -0.2) is 10.4 Å². The summed E-state index contributed by atoms with van der Waals surface area (Å²) in [5.41, 5.74) is 9.67. The molecule has 3 N–H and O–H groups in total. The Bertz CT molecular complexity index is 725. The van der Waals surface area contributed by atoms with Crippen LogP contribution in [0.25, 0.3) is 0 Å². The molecule has 6 nitrogen and oxygen atoms in total. The van der Waals surface area contributed by atoms with Gasteiger partial charge in [0.25, 0.3) is 5.91 Å². The fraction of sp³-hybridized carbons (Fsp3) is 0.353. The number of aryl methyl sites for hydroxylation is 1. The number of ether oxygens (including phenoxy) is 1. The number of nitrogens with two attached hydrogens (primary N) is 1. The Kier molecular flexibility index (Phi) is 6.31. The highest BCUT2D eigenvalue weighted by Crippen LogP contribution is 2.21. The Morgan fingerprint density at radius 3 is 2.92 bits per heavy atom. The Morgan fingerprint density at radius 2 is 2.21 bits per heavy atom. The first kappa shape index (κ1) is 17.9. The first-order valence-electron chi connectivity index (χ1n) is 7.81. The first-order valence-corrected chi connectivity index (χ1v) is 8.63. The van der Waals surface area contributed by atoms with Crippen molar-refractivity contribution < 1.29 is 9.53 Å². The van der Waals surface area contributed by atoms with Crippen LogP contribution in [0, 0.1) is 5.92 Å². The zero-order chi connectivity index (χ0) is 17.5. The van der Waals surface area contributed by atoms with Gasteiger partial charge in [0.15, 0.2) is 5.13 Å². The number of aromatic nitrogens is 1. The van der Waals surface area contributed by atoms with Crippen LogP contribution in [0.3, 0.4) is 0 Å². The molecule has 0 saturated carbocycles. The molecule has 0 atom stereocenters. The third kappa shape index (κ3) is 4.79. The van der Waals surface area contributed by atoms with Gasteiger partial charge in [-0.15, -0.1) is 0 Å². The van der Waals surface area contributed by atoms with Crippen molar-refractivity contribution in [3.8, 4) is 5.75 Å². The average Bonchev–Trinajstić information content (AvgIpc) is 2.95. The lowest BCUT2D eigenvalue weighted by atomic mass is 10.2. The van der Waals surface area contributed by atoms with E-state index in [-0.39, 0.29) is 5.91 Å². The highest BCUT2D eigenvalue weighted by Gasteiger charge is 2.15. The van der Waals surface area contributed by atoms with Gasteiger partial charge >= 0.3 is 0 Å². The number of para-hydroxylation sites is 1. The topological polar surface area (TPSA) is 89.6 Å². The molecule has 1 amide bonds. The number of carbonyl (C=O) groups is 1. The zero-order valence-electron chi connectivity index (χ0n) is 14.1. The van der Waals surface area contributed by atoms with E-state index in [0.29, 0.717) is 34.6 Å². The lowest BCUT2D eigenvalue weighted by molar-refractivity contribution is 0.0958. The summed E-state index contributed by atoms with van der Waals surface area (Å²) in [5.74, 6) is 0.859. The molecular formula is C17H22N4O2S. The summed E-state index contributed by atoms with van der Waals surface area (Å²) in [5, 5.41) is 4.41. The van der Waals surface area contributed by atoms with E-state index in [2.05, 4.69) is 29.4 Å². The van der Waals surface area contributed by atoms with E-state index in [4.69, 9.17) is 10.5 Å². The smallest absolute Gasteiger partial charge is 0.283 e. The molecule has 0 unspecified atom stereocenters. The van der Waals surface area contributed by atoms with Crippen LogP contribution in [0.15, 0.2) is 29.4 Å². The number of nitrogen functional groups attached to an aromatic ring is 1. The van der Waals surface area contributed by atoms with Gasteiger partial charge in [0.1, 0.15) is 10.6 Å². The second-order valence-corrected chi connectivity index (χ2v) is 6.65. The minimum atomic E-state index is -0.308. The lowest BCUT2D eigenvalue weighted by Crippen LogP contribution is -2.18. The van der Waals surface area contributed by atoms with Gasteiger partial charge < -0.3 is 10.5 Å². The molecule has 128 valence electrons. The van der Waals surface area contributed by atoms with E-state index < -0.39 is 0 Å². The number of hydrogen-bond donors (Lipinski definition) is 2. The molecule has 0 aliphatic carbocycles. The van der Waals surface area contributed by atoms with E-state index in [9.17, 15) is 4.79 Å². The summed E-state index contributed by atoms with van der Waals surface area (Å²) in [7, 11) is 0. The average molecular weight is 346 g/mol. The van der Waals surface area contributed by atoms with E-state index in [0.717, 1.165) is 22.6 Å². The van der Waals surface area contributed by atoms with Gasteiger partial charge in [-0.1, -0.05) is 44.2 Å². The van der Waals surface area contributed by atoms with Crippen LogP contribution in [0.1, 0.15) is 41.7 Å². The van der Waals surface area contributed by atoms with Crippen molar-refractivity contribution in [2.75, 3.05) is 12.3 Å². The van der Waals surface area contributed by atoms with Crippen LogP contribution >= 0.6 is 11.3 Å². The maximum atomic E-state index is 12.2. The molecule has 0 aliphatic rings. The molecule has 0 radical (unpaired) electrons. The van der Waals surface area contributed by atoms with Crippen LogP contribution in [-0.4, -0.2) is 23.7 Å². The lowest BCUT2D eigenvalue weighted by Gasteiger charge is -2.10. The third-order valence-corrected chi connectivity index (χ3v) is 4.04. The molecule has 0 aliphatic heterocycles. The van der Waals surface area contributed by atoms with Crippen molar-refractivity contribution in [2.24, 2.45) is 11.0 Å². The van der Waals surface area contributed by atoms with Gasteiger partial charge in [0.2, 0.25) is 0 Å². The molecule has 2 rings (SSSR count). The van der Waals surface area contributed by atoms with E-state index in [1.165, 1.54) is 0 Å². The second kappa shape index (κ2) is 8.44. The van der Waals surface area contributed by atoms with Crippen molar-refractivity contribution in [2.45, 2.75) is 27.2 Å². The molecule has 24 heavy (non-hydrogen) atoms.